The number of aromatic nitrogens is 4. The van der Waals surface area contributed by atoms with E-state index in [0.29, 0.717) is 5.89 Å². The number of nitrogens with zero attached hydrogens (tertiary/aromatic N) is 5. The summed E-state index contributed by atoms with van der Waals surface area (Å²) in [5.41, 5.74) is 0. The van der Waals surface area contributed by atoms with Crippen LogP contribution in [0, 0.1) is 12.8 Å². The van der Waals surface area contributed by atoms with Crippen molar-refractivity contribution in [1.29, 1.82) is 0 Å². The number of rotatable bonds is 5. The van der Waals surface area contributed by atoms with Gasteiger partial charge in [-0.15, -0.1) is 0 Å². The summed E-state index contributed by atoms with van der Waals surface area (Å²) in [6, 6.07) is 0. The number of hydrogen-bond acceptors (Lipinski definition) is 6. The van der Waals surface area contributed by atoms with Crippen LogP contribution >= 0.6 is 0 Å². The van der Waals surface area contributed by atoms with E-state index < -0.39 is 0 Å². The second kappa shape index (κ2) is 7.03. The van der Waals surface area contributed by atoms with Crippen molar-refractivity contribution in [3.8, 4) is 0 Å². The minimum atomic E-state index is 0.00964. The Labute approximate surface area is 142 Å². The Morgan fingerprint density at radius 3 is 2.83 bits per heavy atom. The monoisotopic (exact) mass is 331 g/mol. The van der Waals surface area contributed by atoms with Gasteiger partial charge in [0.1, 0.15) is 11.9 Å². The molecule has 0 aromatic carbocycles. The molecular formula is C17H25N5O2. The number of likely N-dealkylation sites (tertiary alicyclic amines) is 1. The van der Waals surface area contributed by atoms with E-state index in [2.05, 4.69) is 37.7 Å². The van der Waals surface area contributed by atoms with Gasteiger partial charge < -0.3 is 13.8 Å². The van der Waals surface area contributed by atoms with Crippen LogP contribution in [0.2, 0.25) is 0 Å². The van der Waals surface area contributed by atoms with E-state index in [-0.39, 0.29) is 6.10 Å². The molecule has 2 aromatic heterocycles. The zero-order chi connectivity index (χ0) is 16.4. The van der Waals surface area contributed by atoms with Crippen molar-refractivity contribution in [2.75, 3.05) is 19.7 Å². The van der Waals surface area contributed by atoms with E-state index in [1.54, 1.807) is 0 Å². The maximum atomic E-state index is 5.60. The van der Waals surface area contributed by atoms with Crippen molar-refractivity contribution in [3.05, 3.63) is 29.9 Å². The highest BCUT2D eigenvalue weighted by Crippen LogP contribution is 2.27. The average Bonchev–Trinajstić information content (AvgIpc) is 3.32. The van der Waals surface area contributed by atoms with Crippen LogP contribution in [0.3, 0.4) is 0 Å². The largest absolute Gasteiger partial charge is 0.368 e. The molecule has 7 nitrogen and oxygen atoms in total. The first-order valence-electron chi connectivity index (χ1n) is 8.92. The van der Waals surface area contributed by atoms with Crippen molar-refractivity contribution >= 4 is 0 Å². The van der Waals surface area contributed by atoms with E-state index in [0.717, 1.165) is 63.2 Å². The predicted molar refractivity (Wildman–Crippen MR) is 87.2 cm³/mol. The SMILES string of the molecule is Cc1nccn1CC1CCN(Cc2noc([C@@H]3CCCO3)n2)CC1. The van der Waals surface area contributed by atoms with Crippen LogP contribution in [0.25, 0.3) is 0 Å². The van der Waals surface area contributed by atoms with Crippen LogP contribution in [0.1, 0.15) is 49.3 Å². The zero-order valence-electron chi connectivity index (χ0n) is 14.2. The summed E-state index contributed by atoms with van der Waals surface area (Å²) in [5.74, 6) is 3.25. The molecule has 24 heavy (non-hydrogen) atoms. The van der Waals surface area contributed by atoms with Gasteiger partial charge in [-0.05, 0) is 51.6 Å². The second-order valence-electron chi connectivity index (χ2n) is 6.90. The molecule has 7 heteroatoms. The van der Waals surface area contributed by atoms with Crippen LogP contribution in [-0.2, 0) is 17.8 Å². The van der Waals surface area contributed by atoms with Gasteiger partial charge in [0.25, 0.3) is 5.89 Å². The zero-order valence-corrected chi connectivity index (χ0v) is 14.2. The van der Waals surface area contributed by atoms with Gasteiger partial charge in [0, 0.05) is 25.5 Å². The summed E-state index contributed by atoms with van der Waals surface area (Å²) in [5, 5.41) is 4.13. The minimum Gasteiger partial charge on any atom is -0.368 e. The lowest BCUT2D eigenvalue weighted by Gasteiger charge is -2.31. The van der Waals surface area contributed by atoms with E-state index in [1.165, 1.54) is 12.8 Å². The van der Waals surface area contributed by atoms with Gasteiger partial charge in [0.2, 0.25) is 0 Å². The fourth-order valence-corrected chi connectivity index (χ4v) is 3.64. The number of hydrogen-bond donors (Lipinski definition) is 0. The molecule has 0 spiro atoms. The van der Waals surface area contributed by atoms with Gasteiger partial charge in [-0.2, -0.15) is 4.98 Å². The number of imidazole rings is 1. The lowest BCUT2D eigenvalue weighted by atomic mass is 9.96. The third-order valence-corrected chi connectivity index (χ3v) is 5.14. The molecule has 2 fully saturated rings. The van der Waals surface area contributed by atoms with Crippen LogP contribution in [-0.4, -0.2) is 44.3 Å². The van der Waals surface area contributed by atoms with Gasteiger partial charge in [-0.3, -0.25) is 4.90 Å². The Bertz CT molecular complexity index is 653. The molecule has 0 amide bonds. The molecule has 130 valence electrons. The first kappa shape index (κ1) is 15.8. The number of aryl methyl sites for hydroxylation is 1. The standard InChI is InChI=1S/C17H25N5O2/c1-13-18-6-9-22(13)11-14-4-7-21(8-5-14)12-16-19-17(24-20-16)15-3-2-10-23-15/h6,9,14-15H,2-5,7-8,10-12H2,1H3/t15-/m0/s1. The van der Waals surface area contributed by atoms with Gasteiger partial charge in [-0.1, -0.05) is 5.16 Å². The molecular weight excluding hydrogens is 306 g/mol. The maximum Gasteiger partial charge on any atom is 0.255 e. The molecule has 1 atom stereocenters. The maximum absolute atomic E-state index is 5.60. The molecule has 0 N–H and O–H groups in total. The molecule has 4 rings (SSSR count). The minimum absolute atomic E-state index is 0.00964. The lowest BCUT2D eigenvalue weighted by molar-refractivity contribution is 0.0835. The molecule has 2 aliphatic rings. The third kappa shape index (κ3) is 3.52. The lowest BCUT2D eigenvalue weighted by Crippen LogP contribution is -2.34. The molecule has 0 saturated carbocycles. The fourth-order valence-electron chi connectivity index (χ4n) is 3.64. The van der Waals surface area contributed by atoms with E-state index in [1.807, 2.05) is 6.20 Å². The Morgan fingerprint density at radius 2 is 2.12 bits per heavy atom. The van der Waals surface area contributed by atoms with Gasteiger partial charge in [-0.25, -0.2) is 4.98 Å². The molecule has 0 radical (unpaired) electrons. The van der Waals surface area contributed by atoms with Gasteiger partial charge >= 0.3 is 0 Å². The quantitative estimate of drug-likeness (QED) is 0.837. The molecule has 2 saturated heterocycles. The van der Waals surface area contributed by atoms with Crippen LogP contribution in [0.5, 0.6) is 0 Å². The second-order valence-corrected chi connectivity index (χ2v) is 6.90. The van der Waals surface area contributed by atoms with Crippen molar-refractivity contribution in [2.45, 2.75) is 51.8 Å². The number of piperidine rings is 1. The van der Waals surface area contributed by atoms with Crippen molar-refractivity contribution in [3.63, 3.8) is 0 Å². The normalized spacial score (nSPS) is 23.1. The summed E-state index contributed by atoms with van der Waals surface area (Å²) in [4.78, 5) is 11.2. The Hall–Kier alpha value is -1.73. The van der Waals surface area contributed by atoms with Crippen LogP contribution in [0.15, 0.2) is 16.9 Å². The highest BCUT2D eigenvalue weighted by molar-refractivity contribution is 4.93. The van der Waals surface area contributed by atoms with E-state index >= 15 is 0 Å². The van der Waals surface area contributed by atoms with Crippen LogP contribution in [0.4, 0.5) is 0 Å². The van der Waals surface area contributed by atoms with Gasteiger partial charge in [0.05, 0.1) is 6.54 Å². The fraction of sp³-hybridized carbons (Fsp3) is 0.706. The highest BCUT2D eigenvalue weighted by Gasteiger charge is 2.25. The Morgan fingerprint density at radius 1 is 1.25 bits per heavy atom. The van der Waals surface area contributed by atoms with Crippen LogP contribution < -0.4 is 0 Å². The number of ether oxygens (including phenoxy) is 1. The molecule has 4 heterocycles. The Kier molecular flexibility index (Phi) is 4.62. The van der Waals surface area contributed by atoms with E-state index in [9.17, 15) is 0 Å². The first-order valence-corrected chi connectivity index (χ1v) is 8.92. The molecule has 0 bridgehead atoms. The van der Waals surface area contributed by atoms with E-state index in [4.69, 9.17) is 9.26 Å². The summed E-state index contributed by atoms with van der Waals surface area (Å²) < 4.78 is 13.2. The predicted octanol–water partition coefficient (Wildman–Crippen LogP) is 2.34. The summed E-state index contributed by atoms with van der Waals surface area (Å²) in [6.45, 7) is 6.88. The van der Waals surface area contributed by atoms with Crippen molar-refractivity contribution in [1.82, 2.24) is 24.6 Å². The molecule has 2 aliphatic heterocycles. The molecule has 0 unspecified atom stereocenters. The van der Waals surface area contributed by atoms with Crippen molar-refractivity contribution < 1.29 is 9.26 Å². The summed E-state index contributed by atoms with van der Waals surface area (Å²) in [6.07, 6.45) is 8.44. The summed E-state index contributed by atoms with van der Waals surface area (Å²) in [7, 11) is 0. The van der Waals surface area contributed by atoms with Gasteiger partial charge in [0.15, 0.2) is 5.82 Å². The third-order valence-electron chi connectivity index (χ3n) is 5.14. The smallest absolute Gasteiger partial charge is 0.255 e. The molecule has 0 aliphatic carbocycles. The highest BCUT2D eigenvalue weighted by atomic mass is 16.5. The molecule has 2 aromatic rings. The Balaban J connectivity index is 1.26. The average molecular weight is 331 g/mol. The summed E-state index contributed by atoms with van der Waals surface area (Å²) >= 11 is 0. The van der Waals surface area contributed by atoms with Crippen molar-refractivity contribution in [2.24, 2.45) is 5.92 Å². The topological polar surface area (TPSA) is 69.2 Å². The first-order chi connectivity index (χ1) is 11.8.